The third-order valence-corrected chi connectivity index (χ3v) is 3.69. The number of nitrogens with zero attached hydrogens (tertiary/aromatic N) is 1. The zero-order chi connectivity index (χ0) is 15.3. The van der Waals surface area contributed by atoms with Crippen molar-refractivity contribution in [2.45, 2.75) is 18.9 Å². The Morgan fingerprint density at radius 3 is 2.19 bits per heavy atom. The maximum Gasteiger partial charge on any atom is 0.251 e. The molecule has 0 radical (unpaired) electrons. The lowest BCUT2D eigenvalue weighted by molar-refractivity contribution is 0.0653. The molecule has 0 atom stereocenters. The lowest BCUT2D eigenvalue weighted by Gasteiger charge is -2.29. The highest BCUT2D eigenvalue weighted by atomic mass is 16.3. The van der Waals surface area contributed by atoms with Gasteiger partial charge in [-0.2, -0.15) is 0 Å². The molecule has 0 saturated carbocycles. The van der Waals surface area contributed by atoms with Gasteiger partial charge in [-0.05, 0) is 42.8 Å². The molecule has 112 valence electrons. The van der Waals surface area contributed by atoms with E-state index in [1.807, 2.05) is 48.1 Å². The summed E-state index contributed by atoms with van der Waals surface area (Å²) in [7, 11) is 0. The lowest BCUT2D eigenvalue weighted by atomic mass is 9.98. The summed E-state index contributed by atoms with van der Waals surface area (Å²) in [5.41, 5.74) is 0.476. The molecule has 0 saturated heterocycles. The van der Waals surface area contributed by atoms with Crippen LogP contribution in [0.5, 0.6) is 0 Å². The quantitative estimate of drug-likeness (QED) is 0.751. The molecule has 5 nitrogen and oxygen atoms in total. The molecule has 0 bridgehead atoms. The van der Waals surface area contributed by atoms with E-state index in [1.165, 1.54) is 0 Å². The van der Waals surface area contributed by atoms with E-state index in [4.69, 9.17) is 0 Å². The predicted octanol–water partition coefficient (Wildman–Crippen LogP) is 1.34. The van der Waals surface area contributed by atoms with Crippen LogP contribution in [0.25, 0.3) is 5.69 Å². The third-order valence-electron chi connectivity index (χ3n) is 3.69. The fraction of sp³-hybridized carbons (Fsp3) is 0.312. The van der Waals surface area contributed by atoms with Gasteiger partial charge in [0.2, 0.25) is 0 Å². The van der Waals surface area contributed by atoms with Gasteiger partial charge in [-0.1, -0.05) is 6.92 Å². The molecule has 0 aliphatic carbocycles. The van der Waals surface area contributed by atoms with Gasteiger partial charge in [0.05, 0.1) is 18.8 Å². The van der Waals surface area contributed by atoms with Gasteiger partial charge in [0, 0.05) is 23.6 Å². The molecular weight excluding hydrogens is 268 g/mol. The summed E-state index contributed by atoms with van der Waals surface area (Å²) in [6, 6.07) is 11.0. The zero-order valence-corrected chi connectivity index (χ0v) is 12.0. The van der Waals surface area contributed by atoms with Crippen LogP contribution in [0.3, 0.4) is 0 Å². The van der Waals surface area contributed by atoms with E-state index in [0.717, 1.165) is 5.69 Å². The number of hydrogen-bond donors (Lipinski definition) is 3. The smallest absolute Gasteiger partial charge is 0.251 e. The van der Waals surface area contributed by atoms with Crippen molar-refractivity contribution in [2.75, 3.05) is 13.2 Å². The lowest BCUT2D eigenvalue weighted by Crippen LogP contribution is -2.53. The minimum Gasteiger partial charge on any atom is -0.394 e. The standard InChI is InChI=1S/C16H20N2O3/c1-2-16(11-19,12-20)17-15(21)13-5-7-14(8-6-13)18-9-3-4-10-18/h3-10,19-20H,2,11-12H2,1H3,(H,17,21). The molecule has 0 aliphatic heterocycles. The van der Waals surface area contributed by atoms with Crippen LogP contribution in [-0.4, -0.2) is 39.4 Å². The van der Waals surface area contributed by atoms with Crippen LogP contribution in [0.4, 0.5) is 0 Å². The highest BCUT2D eigenvalue weighted by molar-refractivity contribution is 5.94. The van der Waals surface area contributed by atoms with E-state index in [0.29, 0.717) is 12.0 Å². The van der Waals surface area contributed by atoms with Crippen LogP contribution in [0.15, 0.2) is 48.8 Å². The highest BCUT2D eigenvalue weighted by Crippen LogP contribution is 2.13. The molecule has 1 aromatic heterocycles. The van der Waals surface area contributed by atoms with Gasteiger partial charge in [-0.15, -0.1) is 0 Å². The van der Waals surface area contributed by atoms with Crippen molar-refractivity contribution in [3.63, 3.8) is 0 Å². The molecule has 21 heavy (non-hydrogen) atoms. The largest absolute Gasteiger partial charge is 0.394 e. The first-order valence-electron chi connectivity index (χ1n) is 6.92. The third kappa shape index (κ3) is 3.32. The number of rotatable bonds is 6. The van der Waals surface area contributed by atoms with E-state index in [2.05, 4.69) is 5.32 Å². The molecule has 0 fully saturated rings. The van der Waals surface area contributed by atoms with Crippen molar-refractivity contribution in [1.82, 2.24) is 9.88 Å². The van der Waals surface area contributed by atoms with Crippen molar-refractivity contribution in [3.05, 3.63) is 54.4 Å². The molecule has 1 heterocycles. The molecular formula is C16H20N2O3. The van der Waals surface area contributed by atoms with Gasteiger partial charge in [-0.3, -0.25) is 4.79 Å². The van der Waals surface area contributed by atoms with Gasteiger partial charge >= 0.3 is 0 Å². The molecule has 1 aromatic carbocycles. The summed E-state index contributed by atoms with van der Waals surface area (Å²) in [5.74, 6) is -0.306. The molecule has 5 heteroatoms. The monoisotopic (exact) mass is 288 g/mol. The Morgan fingerprint density at radius 1 is 1.14 bits per heavy atom. The molecule has 0 aliphatic rings. The molecule has 3 N–H and O–H groups in total. The zero-order valence-electron chi connectivity index (χ0n) is 12.0. The van der Waals surface area contributed by atoms with Crippen molar-refractivity contribution in [3.8, 4) is 5.69 Å². The number of aromatic nitrogens is 1. The number of nitrogens with one attached hydrogen (secondary N) is 1. The molecule has 1 amide bonds. The molecule has 2 aromatic rings. The summed E-state index contributed by atoms with van der Waals surface area (Å²) in [6.45, 7) is 1.21. The first-order valence-corrected chi connectivity index (χ1v) is 6.92. The Morgan fingerprint density at radius 2 is 1.71 bits per heavy atom. The summed E-state index contributed by atoms with van der Waals surface area (Å²) >= 11 is 0. The molecule has 0 unspecified atom stereocenters. The minimum absolute atomic E-state index is 0.298. The fourth-order valence-electron chi connectivity index (χ4n) is 2.05. The number of carbonyl (C=O) groups is 1. The average molecular weight is 288 g/mol. The summed E-state index contributed by atoms with van der Waals surface area (Å²) in [5, 5.41) is 21.4. The van der Waals surface area contributed by atoms with Crippen molar-refractivity contribution in [2.24, 2.45) is 0 Å². The number of aliphatic hydroxyl groups excluding tert-OH is 2. The second-order valence-corrected chi connectivity index (χ2v) is 5.04. The fourth-order valence-corrected chi connectivity index (χ4v) is 2.05. The highest BCUT2D eigenvalue weighted by Gasteiger charge is 2.28. The van der Waals surface area contributed by atoms with E-state index < -0.39 is 5.54 Å². The van der Waals surface area contributed by atoms with E-state index >= 15 is 0 Å². The van der Waals surface area contributed by atoms with Crippen LogP contribution < -0.4 is 5.32 Å². The van der Waals surface area contributed by atoms with Crippen LogP contribution in [-0.2, 0) is 0 Å². The number of aliphatic hydroxyl groups is 2. The maximum atomic E-state index is 12.2. The van der Waals surface area contributed by atoms with Crippen LogP contribution in [0.2, 0.25) is 0 Å². The van der Waals surface area contributed by atoms with Crippen LogP contribution in [0, 0.1) is 0 Å². The van der Waals surface area contributed by atoms with E-state index in [-0.39, 0.29) is 19.1 Å². The molecule has 2 rings (SSSR count). The number of amides is 1. The minimum atomic E-state index is -0.976. The SMILES string of the molecule is CCC(CO)(CO)NC(=O)c1ccc(-n2cccc2)cc1. The average Bonchev–Trinajstić information content (AvgIpc) is 3.07. The number of benzene rings is 1. The first kappa shape index (κ1) is 15.3. The van der Waals surface area contributed by atoms with Crippen molar-refractivity contribution >= 4 is 5.91 Å². The Hall–Kier alpha value is -2.11. The van der Waals surface area contributed by atoms with Crippen LogP contribution in [0.1, 0.15) is 23.7 Å². The Labute approximate surface area is 123 Å². The van der Waals surface area contributed by atoms with Crippen LogP contribution >= 0.6 is 0 Å². The summed E-state index contributed by atoms with van der Waals surface area (Å²) in [6.07, 6.45) is 4.30. The first-order chi connectivity index (χ1) is 10.1. The van der Waals surface area contributed by atoms with E-state index in [9.17, 15) is 15.0 Å². The van der Waals surface area contributed by atoms with Gasteiger partial charge < -0.3 is 20.1 Å². The van der Waals surface area contributed by atoms with Gasteiger partial charge in [-0.25, -0.2) is 0 Å². The second-order valence-electron chi connectivity index (χ2n) is 5.04. The number of carbonyl (C=O) groups excluding carboxylic acids is 1. The Kier molecular flexibility index (Phi) is 4.77. The van der Waals surface area contributed by atoms with Crippen molar-refractivity contribution < 1.29 is 15.0 Å². The Bertz CT molecular complexity index is 564. The number of hydrogen-bond acceptors (Lipinski definition) is 3. The Balaban J connectivity index is 2.13. The van der Waals surface area contributed by atoms with E-state index in [1.54, 1.807) is 12.1 Å². The molecule has 0 spiro atoms. The second kappa shape index (κ2) is 6.56. The topological polar surface area (TPSA) is 74.5 Å². The van der Waals surface area contributed by atoms with Gasteiger partial charge in [0.1, 0.15) is 0 Å². The predicted molar refractivity (Wildman–Crippen MR) is 80.4 cm³/mol. The maximum absolute atomic E-state index is 12.2. The van der Waals surface area contributed by atoms with Crippen molar-refractivity contribution in [1.29, 1.82) is 0 Å². The van der Waals surface area contributed by atoms with Gasteiger partial charge in [0.15, 0.2) is 0 Å². The summed E-state index contributed by atoms with van der Waals surface area (Å²) in [4.78, 5) is 12.2. The normalized spacial score (nSPS) is 11.4. The van der Waals surface area contributed by atoms with Gasteiger partial charge in [0.25, 0.3) is 5.91 Å². The summed E-state index contributed by atoms with van der Waals surface area (Å²) < 4.78 is 1.94.